The number of hydrogen-bond donors (Lipinski definition) is 1. The van der Waals surface area contributed by atoms with Gasteiger partial charge >= 0.3 is 0 Å². The van der Waals surface area contributed by atoms with E-state index in [1.54, 1.807) is 0 Å². The van der Waals surface area contributed by atoms with Gasteiger partial charge in [-0.3, -0.25) is 4.40 Å². The van der Waals surface area contributed by atoms with Crippen LogP contribution >= 0.6 is 0 Å². The molecule has 120 valence electrons. The zero-order valence-electron chi connectivity index (χ0n) is 13.5. The number of benzene rings is 1. The summed E-state index contributed by atoms with van der Waals surface area (Å²) in [7, 11) is 0. The molecule has 3 heterocycles. The largest absolute Gasteiger partial charge is 0.420 e. The molecule has 0 fully saturated rings. The maximum absolute atomic E-state index is 5.88. The molecule has 6 heteroatoms. The molecule has 0 spiro atoms. The van der Waals surface area contributed by atoms with Gasteiger partial charge < -0.3 is 10.2 Å². The SMILES string of the molecule is CC(C)c1nnc(-c2ccn3c(-c4cccc(N)c4)cnc3c2)o1. The number of aromatic nitrogens is 4. The van der Waals surface area contributed by atoms with Crippen LogP contribution < -0.4 is 5.73 Å². The molecule has 24 heavy (non-hydrogen) atoms. The normalized spacial score (nSPS) is 11.5. The number of anilines is 1. The number of nitrogens with zero attached hydrogens (tertiary/aromatic N) is 4. The van der Waals surface area contributed by atoms with Crippen molar-refractivity contribution < 1.29 is 4.42 Å². The standard InChI is InChI=1S/C18H17N5O/c1-11(2)17-21-22-18(24-17)13-6-7-23-15(10-20-16(23)9-13)12-4-3-5-14(19)8-12/h3-11H,19H2,1-2H3. The van der Waals surface area contributed by atoms with E-state index in [1.807, 2.05) is 67.0 Å². The molecular formula is C18H17N5O. The van der Waals surface area contributed by atoms with Crippen molar-refractivity contribution in [1.29, 1.82) is 0 Å². The predicted molar refractivity (Wildman–Crippen MR) is 92.4 cm³/mol. The first-order valence-electron chi connectivity index (χ1n) is 7.78. The lowest BCUT2D eigenvalue weighted by atomic mass is 10.1. The van der Waals surface area contributed by atoms with Gasteiger partial charge in [0.25, 0.3) is 0 Å². The van der Waals surface area contributed by atoms with E-state index in [9.17, 15) is 0 Å². The van der Waals surface area contributed by atoms with Crippen LogP contribution in [0.3, 0.4) is 0 Å². The van der Waals surface area contributed by atoms with Crippen molar-refractivity contribution in [2.24, 2.45) is 0 Å². The van der Waals surface area contributed by atoms with Gasteiger partial charge in [0.1, 0.15) is 5.65 Å². The van der Waals surface area contributed by atoms with Crippen LogP contribution in [0.5, 0.6) is 0 Å². The van der Waals surface area contributed by atoms with Crippen LogP contribution in [-0.4, -0.2) is 19.6 Å². The molecule has 0 atom stereocenters. The molecule has 3 aromatic heterocycles. The number of fused-ring (bicyclic) bond motifs is 1. The molecule has 0 unspecified atom stereocenters. The summed E-state index contributed by atoms with van der Waals surface area (Å²) in [6.07, 6.45) is 3.79. The summed E-state index contributed by atoms with van der Waals surface area (Å²) in [5.74, 6) is 1.35. The fourth-order valence-corrected chi connectivity index (χ4v) is 2.61. The third-order valence-electron chi connectivity index (χ3n) is 3.88. The van der Waals surface area contributed by atoms with Gasteiger partial charge in [0, 0.05) is 28.9 Å². The van der Waals surface area contributed by atoms with Crippen LogP contribution in [0.2, 0.25) is 0 Å². The highest BCUT2D eigenvalue weighted by Gasteiger charge is 2.13. The van der Waals surface area contributed by atoms with Gasteiger partial charge in [0.05, 0.1) is 11.9 Å². The molecule has 0 saturated carbocycles. The third kappa shape index (κ3) is 2.42. The topological polar surface area (TPSA) is 82.2 Å². The van der Waals surface area contributed by atoms with Crippen molar-refractivity contribution in [2.45, 2.75) is 19.8 Å². The minimum Gasteiger partial charge on any atom is -0.420 e. The molecule has 0 saturated heterocycles. The average Bonchev–Trinajstić information content (AvgIpc) is 3.21. The van der Waals surface area contributed by atoms with E-state index in [1.165, 1.54) is 0 Å². The van der Waals surface area contributed by atoms with E-state index in [2.05, 4.69) is 15.2 Å². The lowest BCUT2D eigenvalue weighted by molar-refractivity contribution is 0.481. The second-order valence-electron chi connectivity index (χ2n) is 6.01. The van der Waals surface area contributed by atoms with E-state index in [-0.39, 0.29) is 5.92 Å². The summed E-state index contributed by atoms with van der Waals surface area (Å²) in [5.41, 5.74) is 10.3. The summed E-state index contributed by atoms with van der Waals surface area (Å²) in [6.45, 7) is 4.04. The maximum atomic E-state index is 5.88. The van der Waals surface area contributed by atoms with Crippen molar-refractivity contribution >= 4 is 11.3 Å². The summed E-state index contributed by atoms with van der Waals surface area (Å²) in [6, 6.07) is 11.6. The van der Waals surface area contributed by atoms with E-state index >= 15 is 0 Å². The fraction of sp³-hybridized carbons (Fsp3) is 0.167. The van der Waals surface area contributed by atoms with E-state index in [0.717, 1.165) is 28.2 Å². The first kappa shape index (κ1) is 14.4. The molecule has 0 aliphatic carbocycles. The van der Waals surface area contributed by atoms with Crippen LogP contribution in [0.1, 0.15) is 25.7 Å². The lowest BCUT2D eigenvalue weighted by Gasteiger charge is -2.04. The number of imidazole rings is 1. The van der Waals surface area contributed by atoms with E-state index in [0.29, 0.717) is 11.8 Å². The summed E-state index contributed by atoms with van der Waals surface area (Å²) in [5, 5.41) is 8.20. The molecule has 0 aliphatic heterocycles. The molecule has 1 aromatic carbocycles. The second-order valence-corrected chi connectivity index (χ2v) is 6.01. The van der Waals surface area contributed by atoms with Crippen molar-refractivity contribution in [2.75, 3.05) is 5.73 Å². The lowest BCUT2D eigenvalue weighted by Crippen LogP contribution is -1.90. The van der Waals surface area contributed by atoms with Gasteiger partial charge in [-0.05, 0) is 24.3 Å². The molecular weight excluding hydrogens is 302 g/mol. The highest BCUT2D eigenvalue weighted by atomic mass is 16.4. The van der Waals surface area contributed by atoms with Crippen LogP contribution in [0.4, 0.5) is 5.69 Å². The molecule has 0 radical (unpaired) electrons. The summed E-state index contributed by atoms with van der Waals surface area (Å²) < 4.78 is 7.72. The smallest absolute Gasteiger partial charge is 0.247 e. The van der Waals surface area contributed by atoms with Gasteiger partial charge in [0.2, 0.25) is 11.8 Å². The monoisotopic (exact) mass is 319 g/mol. The van der Waals surface area contributed by atoms with Gasteiger partial charge in [-0.1, -0.05) is 26.0 Å². The van der Waals surface area contributed by atoms with E-state index < -0.39 is 0 Å². The van der Waals surface area contributed by atoms with Crippen LogP contribution in [0.25, 0.3) is 28.4 Å². The summed E-state index contributed by atoms with van der Waals surface area (Å²) >= 11 is 0. The molecule has 4 rings (SSSR count). The summed E-state index contributed by atoms with van der Waals surface area (Å²) in [4.78, 5) is 4.49. The molecule has 2 N–H and O–H groups in total. The Kier molecular flexibility index (Phi) is 3.30. The Morgan fingerprint density at radius 2 is 1.96 bits per heavy atom. The first-order valence-corrected chi connectivity index (χ1v) is 7.78. The van der Waals surface area contributed by atoms with Crippen LogP contribution in [0, 0.1) is 0 Å². The Hall–Kier alpha value is -3.15. The highest BCUT2D eigenvalue weighted by Crippen LogP contribution is 2.26. The average molecular weight is 319 g/mol. The van der Waals surface area contributed by atoms with Crippen LogP contribution in [0.15, 0.2) is 53.2 Å². The Morgan fingerprint density at radius 3 is 2.71 bits per heavy atom. The predicted octanol–water partition coefficient (Wildman–Crippen LogP) is 3.76. The molecule has 0 aliphatic rings. The number of nitrogens with two attached hydrogens (primary N) is 1. The Labute approximate surface area is 139 Å². The van der Waals surface area contributed by atoms with Gasteiger partial charge in [0.15, 0.2) is 0 Å². The third-order valence-corrected chi connectivity index (χ3v) is 3.88. The zero-order chi connectivity index (χ0) is 16.7. The number of rotatable bonds is 3. The molecule has 0 amide bonds. The minimum absolute atomic E-state index is 0.205. The molecule has 6 nitrogen and oxygen atoms in total. The number of nitrogen functional groups attached to an aromatic ring is 1. The van der Waals surface area contributed by atoms with Gasteiger partial charge in [-0.25, -0.2) is 4.98 Å². The minimum atomic E-state index is 0.205. The Bertz CT molecular complexity index is 1020. The second kappa shape index (κ2) is 5.49. The molecule has 0 bridgehead atoms. The van der Waals surface area contributed by atoms with Crippen molar-refractivity contribution in [1.82, 2.24) is 19.6 Å². The highest BCUT2D eigenvalue weighted by molar-refractivity contribution is 5.69. The Morgan fingerprint density at radius 1 is 1.08 bits per heavy atom. The van der Waals surface area contributed by atoms with Gasteiger partial charge in [-0.15, -0.1) is 10.2 Å². The maximum Gasteiger partial charge on any atom is 0.247 e. The number of hydrogen-bond acceptors (Lipinski definition) is 5. The Balaban J connectivity index is 1.77. The first-order chi connectivity index (χ1) is 11.6. The molecule has 4 aromatic rings. The van der Waals surface area contributed by atoms with E-state index in [4.69, 9.17) is 10.2 Å². The zero-order valence-corrected chi connectivity index (χ0v) is 13.5. The quantitative estimate of drug-likeness (QED) is 0.581. The van der Waals surface area contributed by atoms with Crippen LogP contribution in [-0.2, 0) is 0 Å². The van der Waals surface area contributed by atoms with Crippen molar-refractivity contribution in [3.8, 4) is 22.7 Å². The fourth-order valence-electron chi connectivity index (χ4n) is 2.61. The van der Waals surface area contributed by atoms with Crippen molar-refractivity contribution in [3.05, 3.63) is 54.7 Å². The number of pyridine rings is 1. The van der Waals surface area contributed by atoms with Gasteiger partial charge in [-0.2, -0.15) is 0 Å². The van der Waals surface area contributed by atoms with Crippen molar-refractivity contribution in [3.63, 3.8) is 0 Å².